The van der Waals surface area contributed by atoms with Crippen molar-refractivity contribution in [1.29, 1.82) is 0 Å². The van der Waals surface area contributed by atoms with Crippen LogP contribution in [0.15, 0.2) is 30.0 Å². The second-order valence-corrected chi connectivity index (χ2v) is 28.2. The van der Waals surface area contributed by atoms with Gasteiger partial charge in [-0.3, -0.25) is 119 Å². The van der Waals surface area contributed by atoms with E-state index >= 15 is 0 Å². The van der Waals surface area contributed by atoms with Gasteiger partial charge in [-0.15, -0.1) is 80.9 Å². The monoisotopic (exact) mass is 2060 g/mol. The number of nitrogens with one attached hydrogen (secondary N) is 6. The predicted octanol–water partition coefficient (Wildman–Crippen LogP) is -6.92. The van der Waals surface area contributed by atoms with Gasteiger partial charge in [-0.1, -0.05) is 12.8 Å². The summed E-state index contributed by atoms with van der Waals surface area (Å²) in [6.45, 7) is -0.266. The zero-order chi connectivity index (χ0) is 109. The maximum Gasteiger partial charge on any atom is 0.320 e. The summed E-state index contributed by atoms with van der Waals surface area (Å²) >= 11 is 0. The average molecular weight is 2070 g/mol. The van der Waals surface area contributed by atoms with E-state index in [1.807, 2.05) is 0 Å². The van der Waals surface area contributed by atoms with E-state index in [1.54, 1.807) is 0 Å². The van der Waals surface area contributed by atoms with Crippen LogP contribution in [0, 0.1) is 80.9 Å². The third-order valence-electron chi connectivity index (χ3n) is 16.3. The van der Waals surface area contributed by atoms with Gasteiger partial charge in [0.15, 0.2) is 35.8 Å². The first-order valence-electron chi connectivity index (χ1n) is 42.3. The van der Waals surface area contributed by atoms with Crippen molar-refractivity contribution in [3.8, 4) is 0 Å². The number of rotatable bonds is 72. The van der Waals surface area contributed by atoms with Crippen molar-refractivity contribution in [3.05, 3.63) is 80.9 Å². The van der Waals surface area contributed by atoms with Gasteiger partial charge in [0.2, 0.25) is 35.4 Å². The number of hydrogen-bond donors (Lipinski definition) is 24. The third-order valence-corrected chi connectivity index (χ3v) is 16.3. The Kier molecular flexibility index (Phi) is 84.2. The van der Waals surface area contributed by atoms with Crippen LogP contribution < -0.4 is 101 Å². The highest BCUT2D eigenvalue weighted by Crippen LogP contribution is 2.11. The minimum Gasteiger partial charge on any atom is -0.480 e. The number of nitrogens with zero attached hydrogens (tertiary/aromatic N) is 14. The summed E-state index contributed by atoms with van der Waals surface area (Å²) < 4.78 is 0. The quantitative estimate of drug-likeness (QED) is 0.00885. The number of carbonyl (C=O) groups is 12. The molecule has 0 bridgehead atoms. The van der Waals surface area contributed by atoms with Crippen LogP contribution >= 0.6 is 0 Å². The van der Waals surface area contributed by atoms with Crippen molar-refractivity contribution in [3.63, 3.8) is 0 Å². The Hall–Kier alpha value is -16.2. The molecule has 0 rings (SSSR count). The van der Waals surface area contributed by atoms with Gasteiger partial charge in [-0.2, -0.15) is 0 Å². The van der Waals surface area contributed by atoms with E-state index in [2.05, 4.69) is 101 Å². The summed E-state index contributed by atoms with van der Waals surface area (Å²) in [5.41, 5.74) is 64.7. The standard InChI is InChI=1S/2C12H22N6O9.2C12H23N5O6.2C10H19N5O6/c2*13-9(11(20)21)4-2-6-15-12(14)16-10(19)5-1-3-8(27-18(24)25)7-26-17(22)23;2*13-9(11(19)20)5-4-7-15-12(14)16-10(18)6-2-1-3-8-23-17(21)22;2*11-7(9(17)18)3-1-5-13-10(12)14-8(16)4-2-6-21-15(19)20/h2*8-9H,1-7,13H2,(H,20,21)(H3,14,15,16,19);2*9H,1-8,13H2,(H,19,20)(H3,14,15,16,18);2*7H,1-6,11H2,(H,17,18)(H3,12,13,14,16). The molecule has 812 valence electrons. The Morgan fingerprint density at radius 3 is 0.570 bits per heavy atom. The molecule has 74 heteroatoms. The topological polar surface area (TPSA) is 1200 Å². The molecule has 0 radical (unpaired) electrons. The lowest BCUT2D eigenvalue weighted by Gasteiger charge is -2.13. The molecule has 0 saturated heterocycles. The summed E-state index contributed by atoms with van der Waals surface area (Å²) in [7, 11) is 0. The molecule has 74 nitrogen and oxygen atoms in total. The minimum atomic E-state index is -1.19. The molecule has 0 aliphatic heterocycles. The SMILES string of the molecule is NC(=NCCCC(N)C(=O)O)NC(=O)CCCC(CO[N+](=O)[O-])O[N+](=O)[O-].NC(=NCCCC(N)C(=O)O)NC(=O)CCCC(CO[N+](=O)[O-])O[N+](=O)[O-].NC(=NCCCC(N)C(=O)O)NC(=O)CCCCCO[N+](=O)[O-].NC(=NCCCC(N)C(=O)O)NC(=O)CCCCCO[N+](=O)[O-].NC(=NCCCC(N)C(=O)O)NC(=O)CCCO[N+](=O)[O-].NC(=NCCCC(N)C(=O)O)NC(=O)CCCO[N+](=O)[O-]. The van der Waals surface area contributed by atoms with Crippen LogP contribution in [0.2, 0.25) is 0 Å². The Balaban J connectivity index is -0.000000392. The number of unbranched alkanes of at least 4 members (excludes halogenated alkanes) is 4. The molecular weight excluding hydrogens is 1940 g/mol. The summed E-state index contributed by atoms with van der Waals surface area (Å²) in [6.07, 6.45) is 5.60. The summed E-state index contributed by atoms with van der Waals surface area (Å²) in [6, 6.07) is -5.75. The van der Waals surface area contributed by atoms with Gasteiger partial charge in [0.25, 0.3) is 40.7 Å². The number of nitrogens with two attached hydrogens (primary N) is 12. The van der Waals surface area contributed by atoms with E-state index in [-0.39, 0.29) is 229 Å². The fourth-order valence-electron chi connectivity index (χ4n) is 9.27. The van der Waals surface area contributed by atoms with Crippen molar-refractivity contribution in [2.75, 3.05) is 78.9 Å². The number of aliphatic carboxylic acids is 6. The van der Waals surface area contributed by atoms with E-state index in [0.717, 1.165) is 0 Å². The first kappa shape index (κ1) is 137. The molecule has 0 aliphatic carbocycles. The van der Waals surface area contributed by atoms with Gasteiger partial charge < -0.3 is 138 Å². The van der Waals surface area contributed by atoms with Crippen molar-refractivity contribution in [2.24, 2.45) is 98.8 Å². The third kappa shape index (κ3) is 101. The van der Waals surface area contributed by atoms with Crippen LogP contribution in [-0.2, 0) is 96.2 Å². The van der Waals surface area contributed by atoms with Gasteiger partial charge in [-0.25, -0.2) is 0 Å². The Morgan fingerprint density at radius 1 is 0.232 bits per heavy atom. The number of hydrogen-bond acceptors (Lipinski definition) is 48. The summed E-state index contributed by atoms with van der Waals surface area (Å²) in [5.74, 6) is -9.68. The number of guanidine groups is 6. The molecule has 0 saturated carbocycles. The lowest BCUT2D eigenvalue weighted by Crippen LogP contribution is -2.37. The number of carboxylic acid groups (broad SMARTS) is 6. The van der Waals surface area contributed by atoms with Crippen LogP contribution in [0.4, 0.5) is 0 Å². The smallest absolute Gasteiger partial charge is 0.320 e. The van der Waals surface area contributed by atoms with Crippen molar-refractivity contribution >= 4 is 107 Å². The summed E-state index contributed by atoms with van der Waals surface area (Å²) in [5, 5.41) is 138. The largest absolute Gasteiger partial charge is 0.480 e. The van der Waals surface area contributed by atoms with E-state index in [1.165, 1.54) is 0 Å². The molecule has 0 heterocycles. The molecule has 36 N–H and O–H groups in total. The lowest BCUT2D eigenvalue weighted by molar-refractivity contribution is -0.790. The van der Waals surface area contributed by atoms with Crippen LogP contribution in [0.1, 0.15) is 193 Å². The van der Waals surface area contributed by atoms with Gasteiger partial charge in [-0.05, 0) is 141 Å². The summed E-state index contributed by atoms with van der Waals surface area (Å²) in [4.78, 5) is 268. The molecule has 0 spiro atoms. The van der Waals surface area contributed by atoms with E-state index in [0.29, 0.717) is 77.0 Å². The van der Waals surface area contributed by atoms with E-state index < -0.39 is 162 Å². The molecule has 0 aromatic carbocycles. The van der Waals surface area contributed by atoms with E-state index in [9.17, 15) is 138 Å². The van der Waals surface area contributed by atoms with Crippen molar-refractivity contribution < 1.29 is 168 Å². The maximum absolute atomic E-state index is 11.7. The molecule has 6 amide bonds. The Morgan fingerprint density at radius 2 is 0.401 bits per heavy atom. The molecule has 0 aromatic heterocycles. The van der Waals surface area contributed by atoms with Gasteiger partial charge in [0.1, 0.15) is 61.7 Å². The number of carbonyl (C=O) groups excluding carboxylic acids is 6. The zero-order valence-electron chi connectivity index (χ0n) is 76.9. The highest BCUT2D eigenvalue weighted by molar-refractivity contribution is 5.99. The van der Waals surface area contributed by atoms with Gasteiger partial charge in [0.05, 0.1) is 26.4 Å². The lowest BCUT2D eigenvalue weighted by atomic mass is 10.1. The molecule has 0 aromatic rings. The van der Waals surface area contributed by atoms with Gasteiger partial charge >= 0.3 is 35.8 Å². The van der Waals surface area contributed by atoms with Gasteiger partial charge in [0, 0.05) is 77.8 Å². The van der Waals surface area contributed by atoms with Crippen LogP contribution in [-0.4, -0.2) is 306 Å². The number of aliphatic imine (C=N–C) groups is 6. The first-order chi connectivity index (χ1) is 66.5. The Labute approximate surface area is 803 Å². The maximum atomic E-state index is 11.7. The zero-order valence-corrected chi connectivity index (χ0v) is 76.9. The van der Waals surface area contributed by atoms with Crippen molar-refractivity contribution in [2.45, 2.75) is 241 Å². The number of amides is 6. The second-order valence-electron chi connectivity index (χ2n) is 28.2. The fourth-order valence-corrected chi connectivity index (χ4v) is 9.27. The van der Waals surface area contributed by atoms with E-state index in [4.69, 9.17) is 99.4 Å². The second kappa shape index (κ2) is 87.6. The molecule has 8 unspecified atom stereocenters. The molecule has 8 atom stereocenters. The average Bonchev–Trinajstić information content (AvgIpc) is 0.944. The predicted molar refractivity (Wildman–Crippen MR) is 481 cm³/mol. The van der Waals surface area contributed by atoms with Crippen LogP contribution in [0.25, 0.3) is 0 Å². The first-order valence-corrected chi connectivity index (χ1v) is 42.3. The normalized spacial score (nSPS) is 12.8. The molecule has 142 heavy (non-hydrogen) atoms. The molecule has 0 fully saturated rings. The Bertz CT molecular complexity index is 3800. The van der Waals surface area contributed by atoms with Crippen LogP contribution in [0.5, 0.6) is 0 Å². The molecular formula is C68H128N32O42. The molecule has 0 aliphatic rings. The van der Waals surface area contributed by atoms with Crippen molar-refractivity contribution in [1.82, 2.24) is 31.9 Å². The fraction of sp³-hybridized carbons (Fsp3) is 0.735. The highest BCUT2D eigenvalue weighted by atomic mass is 17.0. The van der Waals surface area contributed by atoms with Crippen LogP contribution in [0.3, 0.4) is 0 Å². The highest BCUT2D eigenvalue weighted by Gasteiger charge is 2.22. The minimum absolute atomic E-state index is 0.00789. The number of carboxylic acids is 6.